The van der Waals surface area contributed by atoms with Gasteiger partial charge in [0.15, 0.2) is 6.10 Å². The van der Waals surface area contributed by atoms with E-state index in [4.69, 9.17) is 9.57 Å². The van der Waals surface area contributed by atoms with Crippen molar-refractivity contribution in [3.05, 3.63) is 66.0 Å². The Hall–Kier alpha value is -2.24. The predicted octanol–water partition coefficient (Wildman–Crippen LogP) is 2.50. The lowest BCUT2D eigenvalue weighted by Gasteiger charge is -2.22. The Balaban J connectivity index is 1.82. The maximum absolute atomic E-state index is 11.8. The Morgan fingerprint density at radius 2 is 2.05 bits per heavy atom. The van der Waals surface area contributed by atoms with Crippen LogP contribution in [0.4, 0.5) is 0 Å². The molecule has 0 amide bonds. The largest absolute Gasteiger partial charge is 0.467 e. The van der Waals surface area contributed by atoms with Gasteiger partial charge < -0.3 is 4.74 Å². The smallest absolute Gasteiger partial charge is 0.337 e. The van der Waals surface area contributed by atoms with Crippen LogP contribution in [0.3, 0.4) is 0 Å². The minimum Gasteiger partial charge on any atom is -0.467 e. The number of esters is 1. The summed E-state index contributed by atoms with van der Waals surface area (Å²) < 4.78 is 4.81. The van der Waals surface area contributed by atoms with Crippen LogP contribution in [0.2, 0.25) is 0 Å². The van der Waals surface area contributed by atoms with Gasteiger partial charge in [-0.2, -0.15) is 5.06 Å². The van der Waals surface area contributed by atoms with E-state index in [0.717, 1.165) is 11.3 Å². The molecule has 1 aliphatic rings. The van der Waals surface area contributed by atoms with Crippen molar-refractivity contribution in [3.8, 4) is 0 Å². The Morgan fingerprint density at radius 1 is 1.27 bits per heavy atom. The van der Waals surface area contributed by atoms with Crippen LogP contribution in [0, 0.1) is 0 Å². The first kappa shape index (κ1) is 14.7. The molecule has 0 spiro atoms. The number of methoxy groups -OCH3 is 1. The van der Waals surface area contributed by atoms with Crippen molar-refractivity contribution < 1.29 is 14.4 Å². The number of hydrogen-bond acceptors (Lipinski definition) is 5. The van der Waals surface area contributed by atoms with Crippen molar-refractivity contribution in [1.29, 1.82) is 0 Å². The quantitative estimate of drug-likeness (QED) is 0.812. The molecule has 0 N–H and O–H groups in total. The van der Waals surface area contributed by atoms with Crippen LogP contribution < -0.4 is 0 Å². The summed E-state index contributed by atoms with van der Waals surface area (Å²) in [7, 11) is 1.38. The zero-order chi connectivity index (χ0) is 15.4. The van der Waals surface area contributed by atoms with Crippen LogP contribution in [-0.2, 0) is 20.9 Å². The fraction of sp³-hybridized carbons (Fsp3) is 0.294. The molecular formula is C17H18N2O3. The highest BCUT2D eigenvalue weighted by molar-refractivity contribution is 5.74. The number of carbonyl (C=O) groups is 1. The number of benzene rings is 1. The number of ether oxygens (including phenoxy) is 1. The molecule has 0 saturated carbocycles. The van der Waals surface area contributed by atoms with E-state index >= 15 is 0 Å². The molecule has 1 saturated heterocycles. The van der Waals surface area contributed by atoms with Crippen molar-refractivity contribution in [2.45, 2.75) is 25.1 Å². The van der Waals surface area contributed by atoms with E-state index in [0.29, 0.717) is 13.0 Å². The molecule has 2 heterocycles. The van der Waals surface area contributed by atoms with Crippen molar-refractivity contribution in [3.63, 3.8) is 0 Å². The molecule has 3 rings (SSSR count). The molecule has 0 aliphatic carbocycles. The number of pyridine rings is 1. The fourth-order valence-corrected chi connectivity index (χ4v) is 2.62. The Labute approximate surface area is 129 Å². The number of rotatable bonds is 4. The molecule has 22 heavy (non-hydrogen) atoms. The minimum atomic E-state index is -0.583. The average Bonchev–Trinajstić information content (AvgIpc) is 3.00. The Morgan fingerprint density at radius 3 is 2.73 bits per heavy atom. The highest BCUT2D eigenvalue weighted by Crippen LogP contribution is 2.34. The van der Waals surface area contributed by atoms with Crippen molar-refractivity contribution in [2.24, 2.45) is 0 Å². The van der Waals surface area contributed by atoms with Crippen molar-refractivity contribution >= 4 is 5.97 Å². The van der Waals surface area contributed by atoms with Gasteiger partial charge in [0.05, 0.1) is 18.8 Å². The molecule has 1 fully saturated rings. The third-order valence-electron chi connectivity index (χ3n) is 3.72. The molecule has 5 heteroatoms. The first-order valence-corrected chi connectivity index (χ1v) is 7.24. The summed E-state index contributed by atoms with van der Waals surface area (Å²) in [6, 6.07) is 15.7. The van der Waals surface area contributed by atoms with Crippen molar-refractivity contribution in [2.75, 3.05) is 7.11 Å². The zero-order valence-corrected chi connectivity index (χ0v) is 12.4. The second kappa shape index (κ2) is 6.68. The van der Waals surface area contributed by atoms with Gasteiger partial charge in [0.25, 0.3) is 0 Å². The monoisotopic (exact) mass is 298 g/mol. The van der Waals surface area contributed by atoms with E-state index in [9.17, 15) is 4.79 Å². The fourth-order valence-electron chi connectivity index (χ4n) is 2.62. The summed E-state index contributed by atoms with van der Waals surface area (Å²) in [5.74, 6) is -0.350. The SMILES string of the molecule is COC(=O)[C@H]1C[C@H](c2ccccn2)N(Cc2ccccc2)O1. The lowest BCUT2D eigenvalue weighted by atomic mass is 10.1. The number of hydroxylamine groups is 2. The van der Waals surface area contributed by atoms with Gasteiger partial charge in [-0.1, -0.05) is 36.4 Å². The molecule has 114 valence electrons. The maximum atomic E-state index is 11.8. The summed E-state index contributed by atoms with van der Waals surface area (Å²) >= 11 is 0. The summed E-state index contributed by atoms with van der Waals surface area (Å²) in [6.45, 7) is 0.593. The van der Waals surface area contributed by atoms with E-state index in [1.165, 1.54) is 7.11 Å². The van der Waals surface area contributed by atoms with Crippen LogP contribution in [0.15, 0.2) is 54.7 Å². The summed E-state index contributed by atoms with van der Waals surface area (Å²) in [4.78, 5) is 22.0. The topological polar surface area (TPSA) is 51.7 Å². The van der Waals surface area contributed by atoms with Gasteiger partial charge in [-0.05, 0) is 17.7 Å². The van der Waals surface area contributed by atoms with E-state index in [1.807, 2.05) is 53.6 Å². The van der Waals surface area contributed by atoms with Crippen LogP contribution in [-0.4, -0.2) is 29.2 Å². The summed E-state index contributed by atoms with van der Waals surface area (Å²) in [5.41, 5.74) is 2.01. The average molecular weight is 298 g/mol. The van der Waals surface area contributed by atoms with Gasteiger partial charge in [0, 0.05) is 19.2 Å². The van der Waals surface area contributed by atoms with E-state index < -0.39 is 6.10 Å². The van der Waals surface area contributed by atoms with Gasteiger partial charge in [0.1, 0.15) is 0 Å². The molecule has 0 unspecified atom stereocenters. The van der Waals surface area contributed by atoms with Gasteiger partial charge in [-0.25, -0.2) is 4.79 Å². The zero-order valence-electron chi connectivity index (χ0n) is 12.4. The van der Waals surface area contributed by atoms with Crippen molar-refractivity contribution in [1.82, 2.24) is 10.0 Å². The third-order valence-corrected chi connectivity index (χ3v) is 3.72. The Bertz CT molecular complexity index is 618. The summed E-state index contributed by atoms with van der Waals surface area (Å²) in [5, 5.41) is 1.82. The molecule has 1 aromatic carbocycles. The normalized spacial score (nSPS) is 21.7. The summed E-state index contributed by atoms with van der Waals surface area (Å²) in [6.07, 6.45) is 1.71. The minimum absolute atomic E-state index is 0.0643. The lowest BCUT2D eigenvalue weighted by molar-refractivity contribution is -0.192. The number of hydrogen-bond donors (Lipinski definition) is 0. The second-order valence-corrected chi connectivity index (χ2v) is 5.18. The lowest BCUT2D eigenvalue weighted by Crippen LogP contribution is -2.25. The number of aromatic nitrogens is 1. The molecule has 2 atom stereocenters. The molecule has 0 bridgehead atoms. The van der Waals surface area contributed by atoms with E-state index in [-0.39, 0.29) is 12.0 Å². The van der Waals surface area contributed by atoms with Crippen LogP contribution in [0.1, 0.15) is 23.7 Å². The van der Waals surface area contributed by atoms with E-state index in [2.05, 4.69) is 4.98 Å². The molecule has 0 radical (unpaired) electrons. The predicted molar refractivity (Wildman–Crippen MR) is 80.5 cm³/mol. The number of carbonyl (C=O) groups excluding carboxylic acids is 1. The second-order valence-electron chi connectivity index (χ2n) is 5.18. The highest BCUT2D eigenvalue weighted by atomic mass is 16.7. The molecule has 1 aliphatic heterocycles. The van der Waals surface area contributed by atoms with E-state index in [1.54, 1.807) is 6.20 Å². The maximum Gasteiger partial charge on any atom is 0.337 e. The first-order valence-electron chi connectivity index (χ1n) is 7.24. The number of nitrogens with zero attached hydrogens (tertiary/aromatic N) is 2. The molecular weight excluding hydrogens is 280 g/mol. The third kappa shape index (κ3) is 3.16. The van der Waals surface area contributed by atoms with Gasteiger partial charge in [-0.15, -0.1) is 0 Å². The highest BCUT2D eigenvalue weighted by Gasteiger charge is 2.39. The molecule has 2 aromatic rings. The van der Waals surface area contributed by atoms with Gasteiger partial charge in [0.2, 0.25) is 0 Å². The molecule has 1 aromatic heterocycles. The van der Waals surface area contributed by atoms with Crippen LogP contribution in [0.5, 0.6) is 0 Å². The van der Waals surface area contributed by atoms with Gasteiger partial charge in [-0.3, -0.25) is 9.82 Å². The van der Waals surface area contributed by atoms with Gasteiger partial charge >= 0.3 is 5.97 Å². The Kier molecular flexibility index (Phi) is 4.46. The standard InChI is InChI=1S/C17H18N2O3/c1-21-17(20)16-11-15(14-9-5-6-10-18-14)19(22-16)12-13-7-3-2-4-8-13/h2-10,15-16H,11-12H2,1H3/t15-,16-/m1/s1. The molecule has 5 nitrogen and oxygen atoms in total. The first-order chi connectivity index (χ1) is 10.8. The van der Waals surface area contributed by atoms with Crippen LogP contribution >= 0.6 is 0 Å². The van der Waals surface area contributed by atoms with Crippen LogP contribution in [0.25, 0.3) is 0 Å².